The van der Waals surface area contributed by atoms with Crippen molar-refractivity contribution in [2.24, 2.45) is 0 Å². The van der Waals surface area contributed by atoms with E-state index in [9.17, 15) is 10.2 Å². The summed E-state index contributed by atoms with van der Waals surface area (Å²) in [6.07, 6.45) is 4.17. The van der Waals surface area contributed by atoms with Crippen molar-refractivity contribution < 1.29 is 10.2 Å². The molecule has 2 aromatic rings. The Hall–Kier alpha value is -2.13. The van der Waals surface area contributed by atoms with E-state index in [2.05, 4.69) is 4.98 Å². The number of aromatic nitrogens is 1. The molecule has 0 spiro atoms. The van der Waals surface area contributed by atoms with Gasteiger partial charge in [-0.1, -0.05) is 24.3 Å². The minimum atomic E-state index is -0.835. The van der Waals surface area contributed by atoms with Crippen molar-refractivity contribution in [1.82, 2.24) is 4.98 Å². The first-order valence-corrected chi connectivity index (χ1v) is 5.32. The molecule has 1 aromatic heterocycles. The van der Waals surface area contributed by atoms with Crippen molar-refractivity contribution in [2.75, 3.05) is 0 Å². The Balaban J connectivity index is 2.15. The average Bonchev–Trinajstić information content (AvgIpc) is 2.38. The van der Waals surface area contributed by atoms with Crippen LogP contribution in [0.25, 0.3) is 6.08 Å². The second kappa shape index (κ2) is 5.27. The second-order valence-corrected chi connectivity index (χ2v) is 3.62. The van der Waals surface area contributed by atoms with Crippen LogP contribution < -0.4 is 0 Å². The summed E-state index contributed by atoms with van der Waals surface area (Å²) in [7, 11) is 0. The Kier molecular flexibility index (Phi) is 3.52. The summed E-state index contributed by atoms with van der Waals surface area (Å²) in [5.41, 5.74) is 1.25. The van der Waals surface area contributed by atoms with Crippen molar-refractivity contribution in [2.45, 2.75) is 6.10 Å². The summed E-state index contributed by atoms with van der Waals surface area (Å²) in [6.45, 7) is 0. The molecule has 0 aliphatic carbocycles. The lowest BCUT2D eigenvalue weighted by Gasteiger charge is -2.07. The van der Waals surface area contributed by atoms with Gasteiger partial charge in [0.25, 0.3) is 0 Å². The van der Waals surface area contributed by atoms with Gasteiger partial charge in [-0.3, -0.25) is 4.98 Å². The molecule has 2 rings (SSSR count). The number of nitrogens with zero attached hydrogens (tertiary/aromatic N) is 1. The van der Waals surface area contributed by atoms with Gasteiger partial charge in [-0.05, 0) is 30.4 Å². The highest BCUT2D eigenvalue weighted by molar-refractivity contribution is 5.47. The first-order valence-electron chi connectivity index (χ1n) is 5.32. The number of aliphatic hydroxyl groups is 1. The van der Waals surface area contributed by atoms with Crippen LogP contribution in [0.5, 0.6) is 5.75 Å². The predicted molar refractivity (Wildman–Crippen MR) is 66.3 cm³/mol. The van der Waals surface area contributed by atoms with Crippen LogP contribution in [-0.4, -0.2) is 15.2 Å². The highest BCUT2D eigenvalue weighted by Crippen LogP contribution is 2.24. The van der Waals surface area contributed by atoms with E-state index >= 15 is 0 Å². The fraction of sp³-hybridized carbons (Fsp3) is 0.0714. The maximum atomic E-state index is 9.89. The number of aliphatic hydroxyl groups excluding tert-OH is 1. The smallest absolute Gasteiger partial charge is 0.121 e. The van der Waals surface area contributed by atoms with Gasteiger partial charge in [0, 0.05) is 11.8 Å². The number of phenolic OH excluding ortho intramolecular Hbond substituents is 1. The topological polar surface area (TPSA) is 53.4 Å². The molecule has 3 heteroatoms. The molecule has 0 saturated carbocycles. The molecule has 0 amide bonds. The maximum absolute atomic E-state index is 9.89. The van der Waals surface area contributed by atoms with Crippen LogP contribution in [0.4, 0.5) is 0 Å². The maximum Gasteiger partial charge on any atom is 0.121 e. The predicted octanol–water partition coefficient (Wildman–Crippen LogP) is 2.53. The Morgan fingerprint density at radius 3 is 2.53 bits per heavy atom. The molecule has 0 saturated heterocycles. The summed E-state index contributed by atoms with van der Waals surface area (Å²) in [5, 5.41) is 19.5. The third kappa shape index (κ3) is 2.92. The lowest BCUT2D eigenvalue weighted by molar-refractivity contribution is 0.224. The van der Waals surface area contributed by atoms with Gasteiger partial charge >= 0.3 is 0 Å². The molecule has 2 N–H and O–H groups in total. The second-order valence-electron chi connectivity index (χ2n) is 3.62. The van der Waals surface area contributed by atoms with Crippen LogP contribution in [-0.2, 0) is 0 Å². The van der Waals surface area contributed by atoms with Crippen LogP contribution in [0, 0.1) is 0 Å². The minimum absolute atomic E-state index is 0.0886. The molecule has 0 bridgehead atoms. The third-order valence-corrected chi connectivity index (χ3v) is 2.39. The molecular formula is C14H13NO2. The zero-order valence-corrected chi connectivity index (χ0v) is 9.19. The van der Waals surface area contributed by atoms with E-state index in [0.29, 0.717) is 5.56 Å². The molecule has 17 heavy (non-hydrogen) atoms. The Labute approximate surface area is 99.7 Å². The van der Waals surface area contributed by atoms with E-state index in [4.69, 9.17) is 0 Å². The Morgan fingerprint density at radius 1 is 1.06 bits per heavy atom. The molecule has 0 fully saturated rings. The monoisotopic (exact) mass is 227 g/mol. The number of para-hydroxylation sites is 1. The number of pyridine rings is 1. The fourth-order valence-electron chi connectivity index (χ4n) is 1.51. The van der Waals surface area contributed by atoms with Gasteiger partial charge in [0.15, 0.2) is 0 Å². The number of phenols is 1. The zero-order valence-electron chi connectivity index (χ0n) is 9.19. The molecule has 0 aliphatic rings. The van der Waals surface area contributed by atoms with E-state index < -0.39 is 6.10 Å². The Bertz CT molecular complexity index is 509. The number of hydrogen-bond acceptors (Lipinski definition) is 3. The first-order chi connectivity index (χ1) is 8.27. The zero-order chi connectivity index (χ0) is 12.1. The third-order valence-electron chi connectivity index (χ3n) is 2.39. The summed E-state index contributed by atoms with van der Waals surface area (Å²) in [5.74, 6) is 0.0886. The van der Waals surface area contributed by atoms with Crippen molar-refractivity contribution >= 4 is 6.08 Å². The molecule has 0 radical (unpaired) electrons. The molecule has 1 unspecified atom stereocenters. The van der Waals surface area contributed by atoms with Crippen molar-refractivity contribution in [3.8, 4) is 5.75 Å². The number of rotatable bonds is 3. The summed E-state index contributed by atoms with van der Waals surface area (Å²) < 4.78 is 0. The van der Waals surface area contributed by atoms with Gasteiger partial charge in [0.2, 0.25) is 0 Å². The van der Waals surface area contributed by atoms with Gasteiger partial charge in [0.05, 0.1) is 5.69 Å². The highest BCUT2D eigenvalue weighted by Gasteiger charge is 2.07. The SMILES string of the molecule is Oc1ccccc1C(O)/C=C/c1ccccn1. The van der Waals surface area contributed by atoms with Crippen LogP contribution in [0.1, 0.15) is 17.4 Å². The van der Waals surface area contributed by atoms with Gasteiger partial charge < -0.3 is 10.2 Å². The minimum Gasteiger partial charge on any atom is -0.508 e. The van der Waals surface area contributed by atoms with Gasteiger partial charge in [-0.25, -0.2) is 0 Å². The standard InChI is InChI=1S/C14H13NO2/c16-13-7-2-1-6-12(13)14(17)9-8-11-5-3-4-10-15-11/h1-10,14,16-17H/b9-8+. The lowest BCUT2D eigenvalue weighted by Crippen LogP contribution is -1.93. The van der Waals surface area contributed by atoms with E-state index in [-0.39, 0.29) is 5.75 Å². The lowest BCUT2D eigenvalue weighted by atomic mass is 10.1. The fourth-order valence-corrected chi connectivity index (χ4v) is 1.51. The summed E-state index contributed by atoms with van der Waals surface area (Å²) in [4.78, 5) is 4.11. The van der Waals surface area contributed by atoms with Crippen molar-refractivity contribution in [1.29, 1.82) is 0 Å². The molecule has 1 atom stereocenters. The normalized spacial score (nSPS) is 12.8. The Morgan fingerprint density at radius 2 is 1.82 bits per heavy atom. The molecular weight excluding hydrogens is 214 g/mol. The van der Waals surface area contributed by atoms with Crippen LogP contribution >= 0.6 is 0 Å². The average molecular weight is 227 g/mol. The van der Waals surface area contributed by atoms with Crippen LogP contribution in [0.2, 0.25) is 0 Å². The van der Waals surface area contributed by atoms with E-state index in [1.807, 2.05) is 18.2 Å². The van der Waals surface area contributed by atoms with Crippen LogP contribution in [0.15, 0.2) is 54.7 Å². The highest BCUT2D eigenvalue weighted by atomic mass is 16.3. The van der Waals surface area contributed by atoms with Gasteiger partial charge in [0.1, 0.15) is 11.9 Å². The van der Waals surface area contributed by atoms with Crippen molar-refractivity contribution in [3.05, 3.63) is 66.0 Å². The van der Waals surface area contributed by atoms with E-state index in [1.54, 1.807) is 42.6 Å². The largest absolute Gasteiger partial charge is 0.508 e. The summed E-state index contributed by atoms with van der Waals surface area (Å²) in [6, 6.07) is 12.3. The molecule has 3 nitrogen and oxygen atoms in total. The number of benzene rings is 1. The van der Waals surface area contributed by atoms with Crippen LogP contribution in [0.3, 0.4) is 0 Å². The molecule has 1 heterocycles. The van der Waals surface area contributed by atoms with Gasteiger partial charge in [-0.15, -0.1) is 0 Å². The van der Waals surface area contributed by atoms with E-state index in [1.165, 1.54) is 0 Å². The summed E-state index contributed by atoms with van der Waals surface area (Å²) >= 11 is 0. The van der Waals surface area contributed by atoms with Gasteiger partial charge in [-0.2, -0.15) is 0 Å². The first kappa shape index (κ1) is 11.4. The molecule has 86 valence electrons. The quantitative estimate of drug-likeness (QED) is 0.847. The molecule has 1 aromatic carbocycles. The number of hydrogen-bond donors (Lipinski definition) is 2. The molecule has 0 aliphatic heterocycles. The van der Waals surface area contributed by atoms with E-state index in [0.717, 1.165) is 5.69 Å². The van der Waals surface area contributed by atoms with Crippen molar-refractivity contribution in [3.63, 3.8) is 0 Å². The number of aromatic hydroxyl groups is 1.